The maximum Gasteiger partial charge on any atom is 0.281 e. The first kappa shape index (κ1) is 20.2. The Bertz CT molecular complexity index is 913. The van der Waals surface area contributed by atoms with Gasteiger partial charge in [-0.25, -0.2) is 5.01 Å². The lowest BCUT2D eigenvalue weighted by Crippen LogP contribution is -2.47. The number of hydrogen-bond acceptors (Lipinski definition) is 5. The fraction of sp³-hybridized carbons (Fsp3) is 0.368. The van der Waals surface area contributed by atoms with Gasteiger partial charge in [0.25, 0.3) is 5.91 Å². The van der Waals surface area contributed by atoms with Crippen LogP contribution in [0.4, 0.5) is 5.69 Å². The summed E-state index contributed by atoms with van der Waals surface area (Å²) < 4.78 is 1.01. The Kier molecular flexibility index (Phi) is 6.27. The first-order valence-electron chi connectivity index (χ1n) is 9.13. The topological polar surface area (TPSA) is 47.9 Å². The first-order chi connectivity index (χ1) is 13.5. The van der Waals surface area contributed by atoms with E-state index in [2.05, 4.69) is 26.5 Å². The first-order valence-corrected chi connectivity index (χ1v) is 11.6. The molecular formula is C19H19BrCl2N4OS. The molecule has 9 heteroatoms. The highest BCUT2D eigenvalue weighted by Crippen LogP contribution is 2.43. The minimum Gasteiger partial charge on any atom is -0.284 e. The fourth-order valence-electron chi connectivity index (χ4n) is 3.50. The van der Waals surface area contributed by atoms with Crippen LogP contribution >= 0.6 is 50.5 Å². The van der Waals surface area contributed by atoms with Crippen molar-refractivity contribution in [2.24, 2.45) is 5.10 Å². The van der Waals surface area contributed by atoms with E-state index in [1.807, 2.05) is 27.5 Å². The van der Waals surface area contributed by atoms with E-state index in [9.17, 15) is 4.79 Å². The van der Waals surface area contributed by atoms with Crippen molar-refractivity contribution in [2.75, 3.05) is 18.1 Å². The van der Waals surface area contributed by atoms with Crippen LogP contribution in [0.2, 0.25) is 10.0 Å². The van der Waals surface area contributed by atoms with Crippen LogP contribution in [0.5, 0.6) is 0 Å². The number of halogens is 3. The molecule has 1 amide bonds. The minimum absolute atomic E-state index is 0.102. The van der Waals surface area contributed by atoms with E-state index in [1.165, 1.54) is 6.42 Å². The molecule has 2 aliphatic heterocycles. The van der Waals surface area contributed by atoms with Crippen molar-refractivity contribution in [1.82, 2.24) is 10.4 Å². The third-order valence-electron chi connectivity index (χ3n) is 4.89. The van der Waals surface area contributed by atoms with Gasteiger partial charge < -0.3 is 0 Å². The lowest BCUT2D eigenvalue weighted by Gasteiger charge is -2.26. The lowest BCUT2D eigenvalue weighted by atomic mass is 10.1. The van der Waals surface area contributed by atoms with Crippen LogP contribution in [0, 0.1) is 0 Å². The molecular weight excluding hydrogens is 483 g/mol. The quantitative estimate of drug-likeness (QED) is 0.589. The number of nitrogens with zero attached hydrogens (tertiary/aromatic N) is 3. The lowest BCUT2D eigenvalue weighted by molar-refractivity contribution is -0.119. The number of anilines is 1. The number of piperidine rings is 1. The van der Waals surface area contributed by atoms with E-state index in [0.29, 0.717) is 22.2 Å². The smallest absolute Gasteiger partial charge is 0.281 e. The molecule has 2 aromatic rings. The molecule has 0 saturated carbocycles. The predicted molar refractivity (Wildman–Crippen MR) is 119 cm³/mol. The molecule has 4 rings (SSSR count). The van der Waals surface area contributed by atoms with Gasteiger partial charge >= 0.3 is 0 Å². The van der Waals surface area contributed by atoms with Gasteiger partial charge in [0.15, 0.2) is 0 Å². The van der Waals surface area contributed by atoms with E-state index in [-0.39, 0.29) is 11.9 Å². The Morgan fingerprint density at radius 3 is 2.68 bits per heavy atom. The Balaban J connectivity index is 1.63. The number of thiophene rings is 1. The maximum absolute atomic E-state index is 12.9. The van der Waals surface area contributed by atoms with E-state index in [4.69, 9.17) is 23.2 Å². The molecule has 0 aliphatic carbocycles. The predicted octanol–water partition coefficient (Wildman–Crippen LogP) is 5.64. The Hall–Kier alpha value is -1.12. The molecule has 3 heterocycles. The second kappa shape index (κ2) is 8.71. The highest BCUT2D eigenvalue weighted by atomic mass is 79.9. The van der Waals surface area contributed by atoms with Gasteiger partial charge in [-0.2, -0.15) is 5.10 Å². The minimum atomic E-state index is -0.146. The fourth-order valence-corrected chi connectivity index (χ4v) is 5.72. The van der Waals surface area contributed by atoms with Crippen molar-refractivity contribution in [1.29, 1.82) is 0 Å². The van der Waals surface area contributed by atoms with E-state index in [1.54, 1.807) is 23.5 Å². The van der Waals surface area contributed by atoms with E-state index >= 15 is 0 Å². The van der Waals surface area contributed by atoms with Crippen molar-refractivity contribution in [3.63, 3.8) is 0 Å². The van der Waals surface area contributed by atoms with Gasteiger partial charge in [0, 0.05) is 33.9 Å². The number of carbonyl (C=O) groups is 1. The molecule has 1 aromatic carbocycles. The van der Waals surface area contributed by atoms with Gasteiger partial charge in [-0.05, 0) is 58.4 Å². The van der Waals surface area contributed by atoms with Crippen LogP contribution in [0.25, 0.3) is 0 Å². The number of carbonyl (C=O) groups excluding carboxylic acids is 1. The molecule has 28 heavy (non-hydrogen) atoms. The number of hydrazine groups is 1. The summed E-state index contributed by atoms with van der Waals surface area (Å²) in [4.78, 5) is 14.0. The van der Waals surface area contributed by atoms with Crippen LogP contribution in [0.15, 0.2) is 39.2 Å². The highest BCUT2D eigenvalue weighted by Gasteiger charge is 2.35. The number of rotatable bonds is 4. The van der Waals surface area contributed by atoms with Crippen molar-refractivity contribution < 1.29 is 4.79 Å². The summed E-state index contributed by atoms with van der Waals surface area (Å²) >= 11 is 17.7. The molecule has 0 bridgehead atoms. The third kappa shape index (κ3) is 4.24. The Labute approximate surface area is 186 Å². The van der Waals surface area contributed by atoms with Crippen LogP contribution in [0.1, 0.15) is 36.6 Å². The summed E-state index contributed by atoms with van der Waals surface area (Å²) in [6, 6.07) is 7.22. The number of hydrogen-bond donors (Lipinski definition) is 1. The van der Waals surface area contributed by atoms with Crippen molar-refractivity contribution in [3.05, 3.63) is 49.0 Å². The SMILES string of the molecule is O=C(NN1CCCCC1)C1=NN(c2ccc(Cl)cc2Cl)C(c2sccc2Br)C1. The summed E-state index contributed by atoms with van der Waals surface area (Å²) in [5, 5.41) is 11.6. The van der Waals surface area contributed by atoms with Gasteiger partial charge in [0.2, 0.25) is 0 Å². The van der Waals surface area contributed by atoms with E-state index < -0.39 is 0 Å². The van der Waals surface area contributed by atoms with Crippen molar-refractivity contribution in [3.8, 4) is 0 Å². The normalized spacial score (nSPS) is 20.3. The molecule has 2 aliphatic rings. The molecule has 148 valence electrons. The zero-order valence-electron chi connectivity index (χ0n) is 15.0. The van der Waals surface area contributed by atoms with Crippen molar-refractivity contribution >= 4 is 67.8 Å². The molecule has 1 saturated heterocycles. The van der Waals surface area contributed by atoms with Crippen LogP contribution < -0.4 is 10.4 Å². The van der Waals surface area contributed by atoms with Gasteiger partial charge in [-0.1, -0.05) is 29.6 Å². The van der Waals surface area contributed by atoms with Crippen LogP contribution in [0.3, 0.4) is 0 Å². The molecule has 5 nitrogen and oxygen atoms in total. The van der Waals surface area contributed by atoms with Crippen LogP contribution in [-0.4, -0.2) is 29.7 Å². The molecule has 1 aromatic heterocycles. The van der Waals surface area contributed by atoms with Gasteiger partial charge in [-0.15, -0.1) is 11.3 Å². The maximum atomic E-state index is 12.9. The average molecular weight is 502 g/mol. The molecule has 1 unspecified atom stereocenters. The summed E-state index contributed by atoms with van der Waals surface area (Å²) in [5.41, 5.74) is 4.25. The summed E-state index contributed by atoms with van der Waals surface area (Å²) in [6.45, 7) is 1.76. The van der Waals surface area contributed by atoms with Gasteiger partial charge in [0.05, 0.1) is 16.8 Å². The number of hydrazone groups is 1. The molecule has 1 N–H and O–H groups in total. The Morgan fingerprint density at radius 2 is 2.00 bits per heavy atom. The van der Waals surface area contributed by atoms with Gasteiger partial charge in [-0.3, -0.25) is 15.2 Å². The van der Waals surface area contributed by atoms with Crippen LogP contribution in [-0.2, 0) is 4.79 Å². The van der Waals surface area contributed by atoms with Gasteiger partial charge in [0.1, 0.15) is 5.71 Å². The highest BCUT2D eigenvalue weighted by molar-refractivity contribution is 9.10. The molecule has 1 fully saturated rings. The monoisotopic (exact) mass is 500 g/mol. The summed E-state index contributed by atoms with van der Waals surface area (Å²) in [5.74, 6) is -0.146. The second-order valence-electron chi connectivity index (χ2n) is 6.83. The average Bonchev–Trinajstić information content (AvgIpc) is 3.28. The largest absolute Gasteiger partial charge is 0.284 e. The van der Waals surface area contributed by atoms with Crippen molar-refractivity contribution in [2.45, 2.75) is 31.7 Å². The third-order valence-corrected chi connectivity index (χ3v) is 7.40. The molecule has 0 spiro atoms. The summed E-state index contributed by atoms with van der Waals surface area (Å²) in [6.07, 6.45) is 3.93. The summed E-state index contributed by atoms with van der Waals surface area (Å²) in [7, 11) is 0. The Morgan fingerprint density at radius 1 is 1.21 bits per heavy atom. The van der Waals surface area contributed by atoms with E-state index in [0.717, 1.165) is 41.0 Å². The zero-order valence-corrected chi connectivity index (χ0v) is 18.9. The number of amides is 1. The second-order valence-corrected chi connectivity index (χ2v) is 9.47. The standard InChI is InChI=1S/C19H19BrCl2N4OS/c20-13-6-9-28-18(13)17-11-15(19(27)24-25-7-2-1-3-8-25)23-26(17)16-5-4-12(21)10-14(16)22/h4-6,9-10,17H,1-3,7-8,11H2,(H,24,27). The zero-order chi connectivity index (χ0) is 19.7. The number of nitrogens with one attached hydrogen (secondary N) is 1. The molecule has 0 radical (unpaired) electrons. The number of benzene rings is 1. The molecule has 1 atom stereocenters.